The zero-order chi connectivity index (χ0) is 34.0. The lowest BCUT2D eigenvalue weighted by atomic mass is 9.85. The maximum Gasteiger partial charge on any atom is 0.301 e. The first-order valence-corrected chi connectivity index (χ1v) is 17.2. The fraction of sp³-hybridized carbons (Fsp3) is 0.211. The highest BCUT2D eigenvalue weighted by Crippen LogP contribution is 2.44. The molecule has 1 unspecified atom stereocenters. The molecule has 6 rings (SSSR count). The van der Waals surface area contributed by atoms with Crippen LogP contribution in [0.1, 0.15) is 60.2 Å². The van der Waals surface area contributed by atoms with Gasteiger partial charge < -0.3 is 9.84 Å². The number of carbonyl (C=O) groups is 2. The number of hydrogen-bond acceptors (Lipinski definition) is 8. The van der Waals surface area contributed by atoms with Gasteiger partial charge in [0.25, 0.3) is 5.78 Å². The van der Waals surface area contributed by atoms with Gasteiger partial charge in [-0.05, 0) is 70.5 Å². The molecule has 0 radical (unpaired) electrons. The van der Waals surface area contributed by atoms with Crippen LogP contribution < -0.4 is 9.64 Å². The van der Waals surface area contributed by atoms with Crippen LogP contribution in [0.3, 0.4) is 0 Å². The number of ether oxygens (including phenoxy) is 1. The maximum absolute atomic E-state index is 14.2. The molecule has 7 nitrogen and oxygen atoms in total. The van der Waals surface area contributed by atoms with E-state index in [9.17, 15) is 19.1 Å². The van der Waals surface area contributed by atoms with E-state index in [1.54, 1.807) is 42.5 Å². The molecular formula is C38H34FN3O4S2. The SMILES string of the molecule is Cc1ccccc1COc1ccc(/C(O)=C2\C(=O)C(=O)N(c3nnc(SCc4ccccc4F)s3)C2c2ccc(C(C)(C)C)cc2)cc1. The second-order valence-electron chi connectivity index (χ2n) is 12.5. The molecule has 0 saturated carbocycles. The Balaban J connectivity index is 1.33. The first-order chi connectivity index (χ1) is 23.0. The van der Waals surface area contributed by atoms with Gasteiger partial charge in [-0.1, -0.05) is 111 Å². The molecule has 5 aromatic rings. The number of rotatable bonds is 9. The molecule has 1 saturated heterocycles. The molecule has 1 amide bonds. The molecule has 1 atom stereocenters. The van der Waals surface area contributed by atoms with Crippen molar-refractivity contribution in [2.24, 2.45) is 0 Å². The van der Waals surface area contributed by atoms with Gasteiger partial charge in [-0.3, -0.25) is 14.5 Å². The molecule has 0 spiro atoms. The van der Waals surface area contributed by atoms with E-state index in [0.29, 0.717) is 39.1 Å². The van der Waals surface area contributed by atoms with E-state index in [1.165, 1.54) is 22.7 Å². The number of thioether (sulfide) groups is 1. The van der Waals surface area contributed by atoms with Crippen LogP contribution in [0.2, 0.25) is 0 Å². The molecule has 1 fully saturated rings. The van der Waals surface area contributed by atoms with Crippen LogP contribution in [-0.4, -0.2) is 27.0 Å². The number of aryl methyl sites for hydroxylation is 1. The fourth-order valence-corrected chi connectivity index (χ4v) is 7.28. The maximum atomic E-state index is 14.2. The van der Waals surface area contributed by atoms with E-state index in [0.717, 1.165) is 28.0 Å². The summed E-state index contributed by atoms with van der Waals surface area (Å²) >= 11 is 2.42. The Bertz CT molecular complexity index is 2000. The van der Waals surface area contributed by atoms with E-state index < -0.39 is 17.7 Å². The van der Waals surface area contributed by atoms with E-state index >= 15 is 0 Å². The minimum atomic E-state index is -0.951. The van der Waals surface area contributed by atoms with Gasteiger partial charge in [0.1, 0.15) is 23.9 Å². The summed E-state index contributed by atoms with van der Waals surface area (Å²) in [6, 6.07) is 28.0. The molecule has 48 heavy (non-hydrogen) atoms. The lowest BCUT2D eigenvalue weighted by molar-refractivity contribution is -0.132. The predicted molar refractivity (Wildman–Crippen MR) is 188 cm³/mol. The Hall–Kier alpha value is -4.80. The van der Waals surface area contributed by atoms with Crippen LogP contribution in [0.15, 0.2) is 107 Å². The second kappa shape index (κ2) is 13.7. The van der Waals surface area contributed by atoms with Gasteiger partial charge in [-0.25, -0.2) is 4.39 Å². The van der Waals surface area contributed by atoms with Crippen LogP contribution in [0.5, 0.6) is 5.75 Å². The first kappa shape index (κ1) is 33.1. The van der Waals surface area contributed by atoms with Crippen LogP contribution in [-0.2, 0) is 27.4 Å². The fourth-order valence-electron chi connectivity index (χ4n) is 5.42. The standard InChI is InChI=1S/C38H34FN3O4S2/c1-23-9-5-6-10-26(23)21-46-29-19-15-25(16-20-29)33(43)31-32(24-13-17-28(18-14-24)38(2,3)4)42(35(45)34(31)44)36-40-41-37(48-36)47-22-27-11-7-8-12-30(27)39/h5-20,32,43H,21-22H2,1-4H3/b33-31+. The van der Waals surface area contributed by atoms with Crippen LogP contribution in [0.4, 0.5) is 9.52 Å². The van der Waals surface area contributed by atoms with Crippen LogP contribution >= 0.6 is 23.1 Å². The lowest BCUT2D eigenvalue weighted by Gasteiger charge is -2.24. The molecule has 1 aromatic heterocycles. The number of amides is 1. The highest BCUT2D eigenvalue weighted by Gasteiger charge is 2.48. The normalized spacial score (nSPS) is 16.0. The highest BCUT2D eigenvalue weighted by atomic mass is 32.2. The third kappa shape index (κ3) is 6.90. The average Bonchev–Trinajstić information content (AvgIpc) is 3.65. The smallest absolute Gasteiger partial charge is 0.301 e. The number of anilines is 1. The topological polar surface area (TPSA) is 92.6 Å². The van der Waals surface area contributed by atoms with Crippen molar-refractivity contribution in [3.8, 4) is 5.75 Å². The predicted octanol–water partition coefficient (Wildman–Crippen LogP) is 8.78. The molecular weight excluding hydrogens is 646 g/mol. The third-order valence-electron chi connectivity index (χ3n) is 8.23. The van der Waals surface area contributed by atoms with Gasteiger partial charge in [0.15, 0.2) is 4.34 Å². The largest absolute Gasteiger partial charge is 0.507 e. The molecule has 1 aliphatic heterocycles. The van der Waals surface area contributed by atoms with Gasteiger partial charge >= 0.3 is 5.91 Å². The summed E-state index contributed by atoms with van der Waals surface area (Å²) in [5.41, 5.74) is 4.62. The van der Waals surface area contributed by atoms with Crippen molar-refractivity contribution in [1.29, 1.82) is 0 Å². The van der Waals surface area contributed by atoms with Gasteiger partial charge in [0.05, 0.1) is 11.6 Å². The Morgan fingerprint density at radius 2 is 1.58 bits per heavy atom. The zero-order valence-corrected chi connectivity index (χ0v) is 28.6. The minimum Gasteiger partial charge on any atom is -0.507 e. The Labute approximate surface area is 287 Å². The second-order valence-corrected chi connectivity index (χ2v) is 14.7. The molecule has 0 aliphatic carbocycles. The minimum absolute atomic E-state index is 0.0483. The van der Waals surface area contributed by atoms with Gasteiger partial charge in [-0.15, -0.1) is 10.2 Å². The van der Waals surface area contributed by atoms with Crippen molar-refractivity contribution < 1.29 is 23.8 Å². The zero-order valence-electron chi connectivity index (χ0n) is 26.9. The molecule has 0 bridgehead atoms. The molecule has 1 aliphatic rings. The van der Waals surface area contributed by atoms with Crippen molar-refractivity contribution in [2.75, 3.05) is 4.90 Å². The summed E-state index contributed by atoms with van der Waals surface area (Å²) in [6.45, 7) is 8.71. The van der Waals surface area contributed by atoms with Crippen molar-refractivity contribution in [1.82, 2.24) is 10.2 Å². The summed E-state index contributed by atoms with van der Waals surface area (Å²) in [5, 5.41) is 20.3. The summed E-state index contributed by atoms with van der Waals surface area (Å²) in [5.74, 6) is -1.34. The van der Waals surface area contributed by atoms with Crippen LogP contribution in [0, 0.1) is 12.7 Å². The highest BCUT2D eigenvalue weighted by molar-refractivity contribution is 8.00. The number of aliphatic hydroxyl groups is 1. The Kier molecular flexibility index (Phi) is 9.48. The number of ketones is 1. The number of benzene rings is 4. The number of Topliss-reactive ketones (excluding diaryl/α,β-unsaturated/α-hetero) is 1. The van der Waals surface area contributed by atoms with E-state index in [1.807, 2.05) is 55.5 Å². The summed E-state index contributed by atoms with van der Waals surface area (Å²) < 4.78 is 20.7. The number of halogens is 1. The molecule has 244 valence electrons. The average molecular weight is 680 g/mol. The molecule has 1 N–H and O–H groups in total. The Morgan fingerprint density at radius 1 is 0.917 bits per heavy atom. The summed E-state index contributed by atoms with van der Waals surface area (Å²) in [4.78, 5) is 28.7. The van der Waals surface area contributed by atoms with Gasteiger partial charge in [0, 0.05) is 11.3 Å². The van der Waals surface area contributed by atoms with E-state index in [4.69, 9.17) is 4.74 Å². The number of hydrogen-bond donors (Lipinski definition) is 1. The summed E-state index contributed by atoms with van der Waals surface area (Å²) in [7, 11) is 0. The Morgan fingerprint density at radius 3 is 2.25 bits per heavy atom. The molecule has 2 heterocycles. The molecule has 4 aromatic carbocycles. The van der Waals surface area contributed by atoms with Crippen molar-refractivity contribution >= 4 is 45.7 Å². The van der Waals surface area contributed by atoms with Crippen molar-refractivity contribution in [2.45, 2.75) is 55.9 Å². The monoisotopic (exact) mass is 679 g/mol. The van der Waals surface area contributed by atoms with E-state index in [-0.39, 0.29) is 27.7 Å². The van der Waals surface area contributed by atoms with Gasteiger partial charge in [-0.2, -0.15) is 0 Å². The lowest BCUT2D eigenvalue weighted by Crippen LogP contribution is -2.29. The summed E-state index contributed by atoms with van der Waals surface area (Å²) in [6.07, 6.45) is 0. The van der Waals surface area contributed by atoms with Crippen molar-refractivity contribution in [3.63, 3.8) is 0 Å². The van der Waals surface area contributed by atoms with E-state index in [2.05, 4.69) is 31.0 Å². The quantitative estimate of drug-likeness (QED) is 0.0547. The number of aromatic nitrogens is 2. The third-order valence-corrected chi connectivity index (χ3v) is 10.3. The van der Waals surface area contributed by atoms with Gasteiger partial charge in [0.2, 0.25) is 5.13 Å². The number of aliphatic hydroxyl groups excluding tert-OH is 1. The number of carbonyl (C=O) groups excluding carboxylic acids is 2. The molecule has 10 heteroatoms. The number of nitrogens with zero attached hydrogens (tertiary/aromatic N) is 3. The first-order valence-electron chi connectivity index (χ1n) is 15.4. The van der Waals surface area contributed by atoms with Crippen LogP contribution in [0.25, 0.3) is 5.76 Å². The van der Waals surface area contributed by atoms with Crippen molar-refractivity contribution in [3.05, 3.63) is 142 Å².